The maximum atomic E-state index is 11.2. The maximum Gasteiger partial charge on any atom is 0.360 e. The number of nitrogens with two attached hydrogens (primary N) is 1. The van der Waals surface area contributed by atoms with Crippen molar-refractivity contribution in [2.24, 2.45) is 10.7 Å². The molecule has 160 valence electrons. The standard InChI is InChI=1S/C23H41N3O2/c1-3-4-5-6-7-8-9-10-11-12-13-14-15-16-17-22-25-18-19-26(22,21(2)24)20-23(27)28/h15-16,18-19,21H,3-14,17,20,24H2,1-2H3/p+1/b16-15+. The van der Waals surface area contributed by atoms with Crippen LogP contribution >= 0.6 is 0 Å². The normalized spacial score (nSPS) is 20.0. The van der Waals surface area contributed by atoms with Crippen molar-refractivity contribution in [3.05, 3.63) is 24.6 Å². The van der Waals surface area contributed by atoms with E-state index in [2.05, 4.69) is 24.1 Å². The van der Waals surface area contributed by atoms with Gasteiger partial charge in [0.05, 0.1) is 12.6 Å². The molecular formula is C23H42N3O2+. The second kappa shape index (κ2) is 14.5. The quantitative estimate of drug-likeness (QED) is 0.189. The third-order valence-electron chi connectivity index (χ3n) is 5.60. The molecule has 3 N–H and O–H groups in total. The van der Waals surface area contributed by atoms with Crippen LogP contribution in [0.5, 0.6) is 0 Å². The van der Waals surface area contributed by atoms with E-state index in [0.717, 1.165) is 12.3 Å². The highest BCUT2D eigenvalue weighted by Gasteiger charge is 2.40. The summed E-state index contributed by atoms with van der Waals surface area (Å²) in [5.41, 5.74) is 6.07. The van der Waals surface area contributed by atoms with Gasteiger partial charge in [-0.3, -0.25) is 5.73 Å². The largest absolute Gasteiger partial charge is 0.477 e. The number of carbonyl (C=O) groups is 1. The van der Waals surface area contributed by atoms with Gasteiger partial charge in [0.2, 0.25) is 5.84 Å². The summed E-state index contributed by atoms with van der Waals surface area (Å²) >= 11 is 0. The Morgan fingerprint density at radius 3 is 2.18 bits per heavy atom. The third kappa shape index (κ3) is 9.16. The number of hydrogen-bond acceptors (Lipinski definition) is 3. The van der Waals surface area contributed by atoms with E-state index in [-0.39, 0.29) is 17.2 Å². The highest BCUT2D eigenvalue weighted by molar-refractivity contribution is 5.82. The molecule has 2 unspecified atom stereocenters. The Balaban J connectivity index is 2.11. The van der Waals surface area contributed by atoms with Crippen LogP contribution in [0, 0.1) is 0 Å². The van der Waals surface area contributed by atoms with Gasteiger partial charge in [0, 0.05) is 6.92 Å². The summed E-state index contributed by atoms with van der Waals surface area (Å²) < 4.78 is 0.123. The number of carboxylic acid groups (broad SMARTS) is 1. The number of allylic oxidation sites excluding steroid dienone is 1. The Labute approximate surface area is 172 Å². The highest BCUT2D eigenvalue weighted by Crippen LogP contribution is 2.22. The van der Waals surface area contributed by atoms with Crippen molar-refractivity contribution in [3.8, 4) is 0 Å². The van der Waals surface area contributed by atoms with E-state index in [0.29, 0.717) is 6.42 Å². The fourth-order valence-corrected chi connectivity index (χ4v) is 3.77. The van der Waals surface area contributed by atoms with Gasteiger partial charge in [0.1, 0.15) is 12.4 Å². The number of aliphatic imine (C=N–C) groups is 1. The minimum Gasteiger partial charge on any atom is -0.477 e. The van der Waals surface area contributed by atoms with Gasteiger partial charge >= 0.3 is 5.97 Å². The van der Waals surface area contributed by atoms with Crippen LogP contribution < -0.4 is 5.73 Å². The summed E-state index contributed by atoms with van der Waals surface area (Å²) in [7, 11) is 0. The summed E-state index contributed by atoms with van der Waals surface area (Å²) in [6.07, 6.45) is 24.1. The highest BCUT2D eigenvalue weighted by atomic mass is 16.4. The molecule has 0 saturated carbocycles. The number of quaternary nitrogens is 1. The Kier molecular flexibility index (Phi) is 12.8. The molecule has 0 aromatic heterocycles. The van der Waals surface area contributed by atoms with Crippen molar-refractivity contribution in [2.75, 3.05) is 6.54 Å². The minimum atomic E-state index is -0.860. The van der Waals surface area contributed by atoms with E-state index in [1.54, 1.807) is 12.4 Å². The molecule has 0 bridgehead atoms. The number of rotatable bonds is 17. The van der Waals surface area contributed by atoms with E-state index < -0.39 is 5.97 Å². The Morgan fingerprint density at radius 2 is 1.64 bits per heavy atom. The lowest BCUT2D eigenvalue weighted by Gasteiger charge is -2.34. The Hall–Kier alpha value is -1.46. The van der Waals surface area contributed by atoms with Crippen LogP contribution in [-0.2, 0) is 4.79 Å². The van der Waals surface area contributed by atoms with Gasteiger partial charge in [-0.1, -0.05) is 83.3 Å². The zero-order chi connectivity index (χ0) is 20.7. The average molecular weight is 393 g/mol. The molecule has 28 heavy (non-hydrogen) atoms. The second-order valence-electron chi connectivity index (χ2n) is 8.07. The van der Waals surface area contributed by atoms with Crippen LogP contribution in [0.1, 0.15) is 97.3 Å². The van der Waals surface area contributed by atoms with Gasteiger partial charge in [-0.15, -0.1) is 0 Å². The fourth-order valence-electron chi connectivity index (χ4n) is 3.77. The minimum absolute atomic E-state index is 0.0561. The Bertz CT molecular complexity index is 526. The lowest BCUT2D eigenvalue weighted by atomic mass is 10.1. The van der Waals surface area contributed by atoms with Crippen molar-refractivity contribution in [3.63, 3.8) is 0 Å². The zero-order valence-electron chi connectivity index (χ0n) is 18.1. The predicted molar refractivity (Wildman–Crippen MR) is 118 cm³/mol. The van der Waals surface area contributed by atoms with Crippen molar-refractivity contribution < 1.29 is 14.4 Å². The molecule has 1 aliphatic rings. The summed E-state index contributed by atoms with van der Waals surface area (Å²) in [6.45, 7) is 4.05. The molecule has 0 spiro atoms. The lowest BCUT2D eigenvalue weighted by Crippen LogP contribution is -2.58. The number of nitrogens with zero attached hydrogens (tertiary/aromatic N) is 2. The first-order valence-corrected chi connectivity index (χ1v) is 11.3. The number of amidine groups is 1. The van der Waals surface area contributed by atoms with Gasteiger partial charge < -0.3 is 5.11 Å². The fraction of sp³-hybridized carbons (Fsp3) is 0.739. The first kappa shape index (κ1) is 24.6. The Morgan fingerprint density at radius 1 is 1.07 bits per heavy atom. The molecule has 0 amide bonds. The van der Waals surface area contributed by atoms with Crippen molar-refractivity contribution in [1.82, 2.24) is 0 Å². The molecule has 0 radical (unpaired) electrons. The molecule has 1 heterocycles. The predicted octanol–water partition coefficient (Wildman–Crippen LogP) is 5.72. The van der Waals surface area contributed by atoms with E-state index in [9.17, 15) is 9.90 Å². The van der Waals surface area contributed by atoms with E-state index >= 15 is 0 Å². The van der Waals surface area contributed by atoms with Crippen LogP contribution in [0.3, 0.4) is 0 Å². The molecule has 1 rings (SSSR count). The molecule has 0 aromatic carbocycles. The van der Waals surface area contributed by atoms with Crippen LogP contribution in [0.25, 0.3) is 0 Å². The van der Waals surface area contributed by atoms with Crippen molar-refractivity contribution in [1.29, 1.82) is 0 Å². The monoisotopic (exact) mass is 392 g/mol. The topological polar surface area (TPSA) is 75.7 Å². The van der Waals surface area contributed by atoms with Crippen LogP contribution in [0.2, 0.25) is 0 Å². The molecule has 5 heteroatoms. The van der Waals surface area contributed by atoms with E-state index in [4.69, 9.17) is 5.73 Å². The second-order valence-corrected chi connectivity index (χ2v) is 8.07. The number of aliphatic carboxylic acids is 1. The molecule has 1 aliphatic heterocycles. The van der Waals surface area contributed by atoms with Gasteiger partial charge in [-0.25, -0.2) is 14.3 Å². The molecule has 5 nitrogen and oxygen atoms in total. The van der Waals surface area contributed by atoms with Crippen LogP contribution in [0.4, 0.5) is 0 Å². The molecule has 0 saturated heterocycles. The number of hydrogen-bond donors (Lipinski definition) is 2. The van der Waals surface area contributed by atoms with E-state index in [1.165, 1.54) is 70.6 Å². The van der Waals surface area contributed by atoms with Crippen LogP contribution in [0.15, 0.2) is 29.5 Å². The maximum absolute atomic E-state index is 11.2. The first-order valence-electron chi connectivity index (χ1n) is 11.3. The summed E-state index contributed by atoms with van der Waals surface area (Å²) in [5.74, 6) is -0.0472. The lowest BCUT2D eigenvalue weighted by molar-refractivity contribution is -0.805. The molecule has 0 fully saturated rings. The van der Waals surface area contributed by atoms with Gasteiger partial charge in [0.25, 0.3) is 0 Å². The smallest absolute Gasteiger partial charge is 0.360 e. The molecule has 0 aromatic rings. The van der Waals surface area contributed by atoms with Crippen molar-refractivity contribution >= 4 is 11.8 Å². The van der Waals surface area contributed by atoms with Crippen molar-refractivity contribution in [2.45, 2.75) is 103 Å². The SMILES string of the molecule is CCCCCCCCCCCCC/C=C/CC1=NC=C[N+]1(CC(=O)O)C(C)N. The summed E-state index contributed by atoms with van der Waals surface area (Å²) in [6, 6.07) is 0. The summed E-state index contributed by atoms with van der Waals surface area (Å²) in [5, 5.41) is 9.22. The number of unbranched alkanes of at least 4 members (excludes halogenated alkanes) is 11. The molecular weight excluding hydrogens is 350 g/mol. The molecule has 0 aliphatic carbocycles. The van der Waals surface area contributed by atoms with Gasteiger partial charge in [0.15, 0.2) is 6.54 Å². The van der Waals surface area contributed by atoms with Crippen LogP contribution in [-0.4, -0.2) is 34.1 Å². The first-order chi connectivity index (χ1) is 13.5. The van der Waals surface area contributed by atoms with Gasteiger partial charge in [-0.05, 0) is 12.8 Å². The number of carboxylic acids is 1. The average Bonchev–Trinajstić information content (AvgIpc) is 3.05. The van der Waals surface area contributed by atoms with Gasteiger partial charge in [-0.2, -0.15) is 0 Å². The summed E-state index contributed by atoms with van der Waals surface area (Å²) in [4.78, 5) is 15.6. The third-order valence-corrected chi connectivity index (χ3v) is 5.60. The molecule has 2 atom stereocenters. The zero-order valence-corrected chi connectivity index (χ0v) is 18.1. The van der Waals surface area contributed by atoms with E-state index in [1.807, 2.05) is 6.92 Å².